The van der Waals surface area contributed by atoms with Gasteiger partial charge in [0.2, 0.25) is 0 Å². The van der Waals surface area contributed by atoms with Crippen molar-refractivity contribution in [3.8, 4) is 0 Å². The number of hydrogen-bond acceptors (Lipinski definition) is 1. The second kappa shape index (κ2) is 5.69. The van der Waals surface area contributed by atoms with E-state index in [0.717, 1.165) is 0 Å². The summed E-state index contributed by atoms with van der Waals surface area (Å²) in [6.45, 7) is 0. The second-order valence-electron chi connectivity index (χ2n) is 0.614. The number of hydrogen-bond donors (Lipinski definition) is 2. The van der Waals surface area contributed by atoms with Crippen LogP contribution in [0.4, 0.5) is 0 Å². The van der Waals surface area contributed by atoms with E-state index in [4.69, 9.17) is 5.73 Å². The van der Waals surface area contributed by atoms with Crippen LogP contribution < -0.4 is 11.1 Å². The Morgan fingerprint density at radius 3 is 2.00 bits per heavy atom. The first kappa shape index (κ1) is 9.85. The molecule has 0 aliphatic carbocycles. The van der Waals surface area contributed by atoms with Gasteiger partial charge >= 0.3 is 29.6 Å². The molecule has 3 N–H and O–H groups in total. The van der Waals surface area contributed by atoms with Crippen molar-refractivity contribution in [2.45, 2.75) is 0 Å². The van der Waals surface area contributed by atoms with Crippen LogP contribution in [-0.4, -0.2) is 41.7 Å². The predicted molar refractivity (Wildman–Crippen MR) is 33.0 cm³/mol. The van der Waals surface area contributed by atoms with Crippen LogP contribution in [0.15, 0.2) is 0 Å². The number of thiocarbonyl (C=S) groups is 1. The fraction of sp³-hybridized carbons (Fsp3) is 0.500. The van der Waals surface area contributed by atoms with Crippen LogP contribution >= 0.6 is 12.2 Å². The van der Waals surface area contributed by atoms with E-state index in [1.54, 1.807) is 7.05 Å². The summed E-state index contributed by atoms with van der Waals surface area (Å²) in [5.74, 6) is 0. The molecule has 32 valence electrons. The quantitative estimate of drug-likeness (QED) is 0.307. The zero-order valence-electron chi connectivity index (χ0n) is 2.99. The molecule has 0 rings (SSSR count). The van der Waals surface area contributed by atoms with Crippen LogP contribution in [0.5, 0.6) is 0 Å². The molecule has 0 saturated heterocycles. The van der Waals surface area contributed by atoms with Crippen LogP contribution in [0, 0.1) is 0 Å². The van der Waals surface area contributed by atoms with Crippen molar-refractivity contribution < 1.29 is 0 Å². The zero-order valence-corrected chi connectivity index (χ0v) is 3.80. The summed E-state index contributed by atoms with van der Waals surface area (Å²) in [4.78, 5) is 0. The van der Waals surface area contributed by atoms with Crippen LogP contribution in [-0.2, 0) is 0 Å². The first-order chi connectivity index (χ1) is 2.27. The minimum atomic E-state index is 0. The van der Waals surface area contributed by atoms with E-state index in [-0.39, 0.29) is 29.6 Å². The molecule has 6 heavy (non-hydrogen) atoms. The zero-order chi connectivity index (χ0) is 4.28. The molecule has 0 fully saturated rings. The van der Waals surface area contributed by atoms with Gasteiger partial charge in [-0.3, -0.25) is 0 Å². The Labute approximate surface area is 64.8 Å². The summed E-state index contributed by atoms with van der Waals surface area (Å²) in [5.41, 5.74) is 4.91. The third kappa shape index (κ3) is 8.83. The van der Waals surface area contributed by atoms with Gasteiger partial charge in [-0.05, 0) is 12.2 Å². The predicted octanol–water partition coefficient (Wildman–Crippen LogP) is -1.20. The third-order valence-electron chi connectivity index (χ3n) is 0.246. The second-order valence-corrected chi connectivity index (χ2v) is 1.05. The van der Waals surface area contributed by atoms with Gasteiger partial charge < -0.3 is 11.1 Å². The molecule has 0 bridgehead atoms. The molecular formula is C2H7N2NaS. The Bertz CT molecular complexity index is 46.8. The van der Waals surface area contributed by atoms with Crippen molar-refractivity contribution in [3.05, 3.63) is 0 Å². The molecule has 0 amide bonds. The summed E-state index contributed by atoms with van der Waals surface area (Å²) < 4.78 is 0. The Balaban J connectivity index is 0. The van der Waals surface area contributed by atoms with Gasteiger partial charge in [0.1, 0.15) is 0 Å². The van der Waals surface area contributed by atoms with E-state index in [9.17, 15) is 0 Å². The first-order valence-corrected chi connectivity index (χ1v) is 1.65. The van der Waals surface area contributed by atoms with Crippen molar-refractivity contribution in [3.63, 3.8) is 0 Å². The first-order valence-electron chi connectivity index (χ1n) is 1.24. The summed E-state index contributed by atoms with van der Waals surface area (Å²) >= 11 is 4.36. The average molecular weight is 114 g/mol. The van der Waals surface area contributed by atoms with Crippen LogP contribution in [0.3, 0.4) is 0 Å². The summed E-state index contributed by atoms with van der Waals surface area (Å²) in [6.07, 6.45) is 0. The Morgan fingerprint density at radius 1 is 1.83 bits per heavy atom. The topological polar surface area (TPSA) is 38.0 Å². The molecular weight excluding hydrogens is 107 g/mol. The van der Waals surface area contributed by atoms with Crippen molar-refractivity contribution in [2.24, 2.45) is 5.73 Å². The summed E-state index contributed by atoms with van der Waals surface area (Å²) in [7, 11) is 1.68. The molecule has 0 aromatic heterocycles. The molecule has 0 aliphatic rings. The summed E-state index contributed by atoms with van der Waals surface area (Å²) in [5, 5.41) is 2.88. The van der Waals surface area contributed by atoms with Gasteiger partial charge in [0.25, 0.3) is 0 Å². The van der Waals surface area contributed by atoms with Gasteiger partial charge in [0.15, 0.2) is 5.11 Å². The van der Waals surface area contributed by atoms with Crippen LogP contribution in [0.2, 0.25) is 0 Å². The summed E-state index contributed by atoms with van der Waals surface area (Å²) in [6, 6.07) is 0. The van der Waals surface area contributed by atoms with Crippen molar-refractivity contribution >= 4 is 46.9 Å². The van der Waals surface area contributed by atoms with E-state index in [1.165, 1.54) is 0 Å². The molecule has 0 atom stereocenters. The van der Waals surface area contributed by atoms with Crippen molar-refractivity contribution in [1.29, 1.82) is 0 Å². The van der Waals surface area contributed by atoms with E-state index in [1.807, 2.05) is 0 Å². The molecule has 0 spiro atoms. The molecule has 0 aromatic carbocycles. The maximum atomic E-state index is 4.91. The number of rotatable bonds is 0. The average Bonchev–Trinajstić information content (AvgIpc) is 1.38. The third-order valence-corrected chi connectivity index (χ3v) is 0.451. The maximum absolute atomic E-state index is 4.91. The van der Waals surface area contributed by atoms with Crippen molar-refractivity contribution in [1.82, 2.24) is 5.32 Å². The van der Waals surface area contributed by atoms with Gasteiger partial charge in [-0.2, -0.15) is 0 Å². The fourth-order valence-corrected chi connectivity index (χ4v) is 0. The van der Waals surface area contributed by atoms with E-state index in [0.29, 0.717) is 5.11 Å². The van der Waals surface area contributed by atoms with Gasteiger partial charge in [-0.1, -0.05) is 0 Å². The standard InChI is InChI=1S/C2H6N2S.Na.H/c1-4-2(3)5;;/h1H3,(H3,3,4,5);;. The van der Waals surface area contributed by atoms with Crippen molar-refractivity contribution in [2.75, 3.05) is 7.05 Å². The normalized spacial score (nSPS) is 5.50. The monoisotopic (exact) mass is 114 g/mol. The molecule has 0 saturated carbocycles. The Kier molecular flexibility index (Phi) is 9.34. The van der Waals surface area contributed by atoms with Gasteiger partial charge in [-0.15, -0.1) is 0 Å². The molecule has 0 aromatic rings. The van der Waals surface area contributed by atoms with Crippen LogP contribution in [0.25, 0.3) is 0 Å². The molecule has 0 unspecified atom stereocenters. The van der Waals surface area contributed by atoms with Crippen LogP contribution in [0.1, 0.15) is 0 Å². The molecule has 2 nitrogen and oxygen atoms in total. The molecule has 0 aliphatic heterocycles. The Morgan fingerprint density at radius 2 is 2.00 bits per heavy atom. The molecule has 4 heteroatoms. The minimum absolute atomic E-state index is 0. The Hall–Kier alpha value is 0.690. The SMILES string of the molecule is CNC(N)=S.[NaH]. The van der Waals surface area contributed by atoms with E-state index >= 15 is 0 Å². The van der Waals surface area contributed by atoms with Gasteiger partial charge in [-0.25, -0.2) is 0 Å². The molecule has 0 heterocycles. The van der Waals surface area contributed by atoms with E-state index in [2.05, 4.69) is 17.5 Å². The van der Waals surface area contributed by atoms with Gasteiger partial charge in [0, 0.05) is 7.05 Å². The number of nitrogens with one attached hydrogen (secondary N) is 1. The molecule has 0 radical (unpaired) electrons. The van der Waals surface area contributed by atoms with E-state index < -0.39 is 0 Å². The number of nitrogens with two attached hydrogens (primary N) is 1. The van der Waals surface area contributed by atoms with Gasteiger partial charge in [0.05, 0.1) is 0 Å². The fourth-order valence-electron chi connectivity index (χ4n) is 0.